The van der Waals surface area contributed by atoms with Crippen LogP contribution in [0.3, 0.4) is 0 Å². The average Bonchev–Trinajstić information content (AvgIpc) is 2.93. The number of ether oxygens (including phenoxy) is 1. The highest BCUT2D eigenvalue weighted by atomic mass is 16.5. The molecule has 0 aliphatic heterocycles. The molecule has 1 saturated carbocycles. The number of rotatable bonds is 8. The second-order valence-electron chi connectivity index (χ2n) is 6.20. The van der Waals surface area contributed by atoms with Crippen LogP contribution in [0.15, 0.2) is 12.3 Å². The van der Waals surface area contributed by atoms with Gasteiger partial charge in [0.2, 0.25) is 0 Å². The van der Waals surface area contributed by atoms with Crippen LogP contribution in [-0.2, 0) is 18.2 Å². The summed E-state index contributed by atoms with van der Waals surface area (Å²) in [5.41, 5.74) is 1.30. The minimum Gasteiger partial charge on any atom is -0.377 e. The van der Waals surface area contributed by atoms with Crippen molar-refractivity contribution in [3.63, 3.8) is 0 Å². The molecule has 1 aromatic heterocycles. The summed E-state index contributed by atoms with van der Waals surface area (Å²) in [7, 11) is 4.09. The lowest BCUT2D eigenvalue weighted by Gasteiger charge is -2.35. The molecule has 2 unspecified atom stereocenters. The maximum Gasteiger partial charge on any atom is 0.0755 e. The van der Waals surface area contributed by atoms with E-state index in [9.17, 15) is 0 Å². The predicted octanol–water partition coefficient (Wildman–Crippen LogP) is 2.93. The summed E-state index contributed by atoms with van der Waals surface area (Å²) < 4.78 is 8.12. The van der Waals surface area contributed by atoms with Crippen molar-refractivity contribution in [3.05, 3.63) is 18.0 Å². The van der Waals surface area contributed by atoms with Crippen molar-refractivity contribution in [3.8, 4) is 0 Å². The van der Waals surface area contributed by atoms with Gasteiger partial charge in [-0.15, -0.1) is 0 Å². The van der Waals surface area contributed by atoms with Crippen LogP contribution in [-0.4, -0.2) is 35.6 Å². The molecule has 0 aromatic carbocycles. The van der Waals surface area contributed by atoms with Gasteiger partial charge in [-0.05, 0) is 51.6 Å². The molecular formula is C17H31N3O. The van der Waals surface area contributed by atoms with E-state index in [-0.39, 0.29) is 0 Å². The highest BCUT2D eigenvalue weighted by Gasteiger charge is 2.30. The second kappa shape index (κ2) is 8.54. The largest absolute Gasteiger partial charge is 0.377 e. The van der Waals surface area contributed by atoms with Gasteiger partial charge in [0.25, 0.3) is 0 Å². The number of nitrogens with one attached hydrogen (secondary N) is 1. The Labute approximate surface area is 129 Å². The topological polar surface area (TPSA) is 39.1 Å². The molecule has 0 amide bonds. The lowest BCUT2D eigenvalue weighted by molar-refractivity contribution is -0.0177. The van der Waals surface area contributed by atoms with Crippen LogP contribution < -0.4 is 5.32 Å². The fraction of sp³-hybridized carbons (Fsp3) is 0.824. The summed E-state index contributed by atoms with van der Waals surface area (Å²) in [6.07, 6.45) is 11.2. The third-order valence-electron chi connectivity index (χ3n) is 4.87. The highest BCUT2D eigenvalue weighted by molar-refractivity contribution is 5.01. The van der Waals surface area contributed by atoms with Crippen LogP contribution in [0.1, 0.15) is 51.1 Å². The molecule has 2 atom stereocenters. The fourth-order valence-corrected chi connectivity index (χ4v) is 3.66. The first-order valence-corrected chi connectivity index (χ1v) is 8.52. The molecule has 0 saturated heterocycles. The SMILES string of the molecule is CCOC(C1CCCCC1)C(CCc1ccnn1C)NC. The van der Waals surface area contributed by atoms with Gasteiger partial charge in [0, 0.05) is 31.6 Å². The molecule has 1 fully saturated rings. The van der Waals surface area contributed by atoms with Gasteiger partial charge >= 0.3 is 0 Å². The summed E-state index contributed by atoms with van der Waals surface area (Å²) in [6, 6.07) is 2.55. The minimum absolute atomic E-state index is 0.355. The van der Waals surface area contributed by atoms with Crippen molar-refractivity contribution in [2.75, 3.05) is 13.7 Å². The number of aromatic nitrogens is 2. The molecule has 0 radical (unpaired) electrons. The van der Waals surface area contributed by atoms with Gasteiger partial charge in [0.15, 0.2) is 0 Å². The highest BCUT2D eigenvalue weighted by Crippen LogP contribution is 2.30. The van der Waals surface area contributed by atoms with Gasteiger partial charge in [-0.25, -0.2) is 0 Å². The molecule has 0 bridgehead atoms. The molecule has 1 aliphatic rings. The molecule has 4 heteroatoms. The van der Waals surface area contributed by atoms with Crippen LogP contribution in [0.25, 0.3) is 0 Å². The van der Waals surface area contributed by atoms with E-state index in [0.29, 0.717) is 12.1 Å². The van der Waals surface area contributed by atoms with Crippen molar-refractivity contribution < 1.29 is 4.74 Å². The standard InChI is InChI=1S/C17H31N3O/c1-4-21-17(14-8-6-5-7-9-14)16(18-2)11-10-15-12-13-19-20(15)3/h12-14,16-18H,4-11H2,1-3H3. The van der Waals surface area contributed by atoms with E-state index >= 15 is 0 Å². The Morgan fingerprint density at radius 3 is 2.71 bits per heavy atom. The lowest BCUT2D eigenvalue weighted by Crippen LogP contribution is -2.45. The second-order valence-corrected chi connectivity index (χ2v) is 6.20. The monoisotopic (exact) mass is 293 g/mol. The number of hydrogen-bond donors (Lipinski definition) is 1. The predicted molar refractivity (Wildman–Crippen MR) is 86.4 cm³/mol. The Kier molecular flexibility index (Phi) is 6.71. The van der Waals surface area contributed by atoms with Crippen molar-refractivity contribution in [2.45, 2.75) is 64.0 Å². The van der Waals surface area contributed by atoms with E-state index in [2.05, 4.69) is 30.5 Å². The molecular weight excluding hydrogens is 262 g/mol. The maximum atomic E-state index is 6.15. The van der Waals surface area contributed by atoms with Gasteiger partial charge in [0.05, 0.1) is 6.10 Å². The van der Waals surface area contributed by atoms with Crippen molar-refractivity contribution in [1.29, 1.82) is 0 Å². The zero-order valence-electron chi connectivity index (χ0n) is 13.8. The minimum atomic E-state index is 0.355. The molecule has 0 spiro atoms. The molecule has 2 rings (SSSR count). The fourth-order valence-electron chi connectivity index (χ4n) is 3.66. The molecule has 4 nitrogen and oxygen atoms in total. The number of hydrogen-bond acceptors (Lipinski definition) is 3. The molecule has 21 heavy (non-hydrogen) atoms. The Balaban J connectivity index is 1.95. The van der Waals surface area contributed by atoms with Crippen LogP contribution in [0.4, 0.5) is 0 Å². The zero-order chi connectivity index (χ0) is 15.1. The van der Waals surface area contributed by atoms with Gasteiger partial charge < -0.3 is 10.1 Å². The molecule has 1 heterocycles. The zero-order valence-corrected chi connectivity index (χ0v) is 13.8. The number of aryl methyl sites for hydroxylation is 2. The van der Waals surface area contributed by atoms with E-state index in [1.807, 2.05) is 17.9 Å². The van der Waals surface area contributed by atoms with E-state index in [4.69, 9.17) is 4.74 Å². The third kappa shape index (κ3) is 4.55. The Morgan fingerprint density at radius 2 is 2.14 bits per heavy atom. The van der Waals surface area contributed by atoms with Gasteiger partial charge in [0.1, 0.15) is 0 Å². The maximum absolute atomic E-state index is 6.15. The summed E-state index contributed by atoms with van der Waals surface area (Å²) in [5.74, 6) is 0.725. The van der Waals surface area contributed by atoms with Gasteiger partial charge in [-0.3, -0.25) is 4.68 Å². The van der Waals surface area contributed by atoms with E-state index in [0.717, 1.165) is 25.4 Å². The van der Waals surface area contributed by atoms with E-state index < -0.39 is 0 Å². The lowest BCUT2D eigenvalue weighted by atomic mass is 9.81. The number of nitrogens with zero attached hydrogens (tertiary/aromatic N) is 2. The average molecular weight is 293 g/mol. The summed E-state index contributed by atoms with van der Waals surface area (Å²) >= 11 is 0. The van der Waals surface area contributed by atoms with Crippen molar-refractivity contribution in [2.24, 2.45) is 13.0 Å². The first kappa shape index (κ1) is 16.5. The van der Waals surface area contributed by atoms with E-state index in [1.54, 1.807) is 0 Å². The van der Waals surface area contributed by atoms with Crippen LogP contribution in [0.2, 0.25) is 0 Å². The first-order valence-electron chi connectivity index (χ1n) is 8.52. The van der Waals surface area contributed by atoms with E-state index in [1.165, 1.54) is 37.8 Å². The molecule has 1 aliphatic carbocycles. The quantitative estimate of drug-likeness (QED) is 0.801. The van der Waals surface area contributed by atoms with Crippen LogP contribution >= 0.6 is 0 Å². The summed E-state index contributed by atoms with van der Waals surface area (Å²) in [4.78, 5) is 0. The Morgan fingerprint density at radius 1 is 1.38 bits per heavy atom. The Bertz CT molecular complexity index is 398. The third-order valence-corrected chi connectivity index (χ3v) is 4.87. The first-order chi connectivity index (χ1) is 10.3. The number of likely N-dealkylation sites (N-methyl/N-ethyl adjacent to an activating group) is 1. The normalized spacial score (nSPS) is 19.6. The smallest absolute Gasteiger partial charge is 0.0755 e. The summed E-state index contributed by atoms with van der Waals surface area (Å²) in [6.45, 7) is 2.93. The Hall–Kier alpha value is -0.870. The van der Waals surface area contributed by atoms with Crippen LogP contribution in [0, 0.1) is 5.92 Å². The molecule has 120 valence electrons. The van der Waals surface area contributed by atoms with Crippen LogP contribution in [0.5, 0.6) is 0 Å². The molecule has 1 aromatic rings. The van der Waals surface area contributed by atoms with Crippen molar-refractivity contribution >= 4 is 0 Å². The molecule has 1 N–H and O–H groups in total. The van der Waals surface area contributed by atoms with Gasteiger partial charge in [-0.2, -0.15) is 5.10 Å². The van der Waals surface area contributed by atoms with Gasteiger partial charge in [-0.1, -0.05) is 19.3 Å². The summed E-state index contributed by atoms with van der Waals surface area (Å²) in [5, 5.41) is 7.77. The van der Waals surface area contributed by atoms with Crippen molar-refractivity contribution in [1.82, 2.24) is 15.1 Å².